The Kier molecular flexibility index (Phi) is 4.43. The number of hydrogen-bond acceptors (Lipinski definition) is 2. The van der Waals surface area contributed by atoms with Gasteiger partial charge in [0.15, 0.2) is 6.29 Å². The fourth-order valence-corrected chi connectivity index (χ4v) is 2.36. The minimum Gasteiger partial charge on any atom is -0.465 e. The third-order valence-electron chi connectivity index (χ3n) is 3.23. The van der Waals surface area contributed by atoms with Crippen molar-refractivity contribution >= 4 is 10.8 Å². The number of ether oxygens (including phenoxy) is 2. The Morgan fingerprint density at radius 2 is 1.63 bits per heavy atom. The predicted molar refractivity (Wildman–Crippen MR) is 79.8 cm³/mol. The third kappa shape index (κ3) is 3.07. The van der Waals surface area contributed by atoms with Crippen LogP contribution in [0.3, 0.4) is 0 Å². The molecule has 0 saturated heterocycles. The summed E-state index contributed by atoms with van der Waals surface area (Å²) in [6, 6.07) is 12.6. The van der Waals surface area contributed by atoms with E-state index in [0.29, 0.717) is 12.5 Å². The molecule has 0 bridgehead atoms. The second kappa shape index (κ2) is 6.07. The highest BCUT2D eigenvalue weighted by Crippen LogP contribution is 2.31. The van der Waals surface area contributed by atoms with Crippen molar-refractivity contribution in [2.24, 2.45) is 0 Å². The minimum atomic E-state index is -0.224. The van der Waals surface area contributed by atoms with Crippen LogP contribution in [-0.2, 0) is 4.74 Å². The summed E-state index contributed by atoms with van der Waals surface area (Å²) in [6.45, 7) is 8.98. The molecule has 0 aliphatic carbocycles. The molecule has 0 N–H and O–H groups in total. The molecule has 0 saturated carbocycles. The summed E-state index contributed by atoms with van der Waals surface area (Å²) >= 11 is 0. The molecule has 0 radical (unpaired) electrons. The maximum Gasteiger partial charge on any atom is 0.196 e. The SMILES string of the molecule is CCOC(C)Oc1cccc2c(C(C)C)cccc12. The van der Waals surface area contributed by atoms with E-state index in [0.717, 1.165) is 11.1 Å². The quantitative estimate of drug-likeness (QED) is 0.722. The van der Waals surface area contributed by atoms with Crippen LogP contribution in [0, 0.1) is 0 Å². The largest absolute Gasteiger partial charge is 0.465 e. The van der Waals surface area contributed by atoms with Crippen molar-refractivity contribution in [2.75, 3.05) is 6.61 Å². The Labute approximate surface area is 115 Å². The molecule has 0 aliphatic rings. The van der Waals surface area contributed by atoms with Crippen LogP contribution < -0.4 is 4.74 Å². The normalized spacial score (nSPS) is 12.9. The summed E-state index contributed by atoms with van der Waals surface area (Å²) in [5.74, 6) is 1.39. The second-order valence-electron chi connectivity index (χ2n) is 4.99. The lowest BCUT2D eigenvalue weighted by Gasteiger charge is -2.17. The molecule has 0 fully saturated rings. The summed E-state index contributed by atoms with van der Waals surface area (Å²) in [7, 11) is 0. The maximum atomic E-state index is 5.88. The number of rotatable bonds is 5. The van der Waals surface area contributed by atoms with Crippen LogP contribution in [0.2, 0.25) is 0 Å². The van der Waals surface area contributed by atoms with Crippen molar-refractivity contribution in [2.45, 2.75) is 39.9 Å². The van der Waals surface area contributed by atoms with Gasteiger partial charge >= 0.3 is 0 Å². The molecule has 102 valence electrons. The zero-order valence-electron chi connectivity index (χ0n) is 12.1. The van der Waals surface area contributed by atoms with Crippen molar-refractivity contribution in [1.82, 2.24) is 0 Å². The van der Waals surface area contributed by atoms with Gasteiger partial charge in [-0.1, -0.05) is 44.2 Å². The van der Waals surface area contributed by atoms with E-state index in [2.05, 4.69) is 38.1 Å². The highest BCUT2D eigenvalue weighted by atomic mass is 16.7. The van der Waals surface area contributed by atoms with E-state index in [1.54, 1.807) is 0 Å². The average molecular weight is 258 g/mol. The van der Waals surface area contributed by atoms with E-state index in [4.69, 9.17) is 9.47 Å². The van der Waals surface area contributed by atoms with E-state index in [1.165, 1.54) is 10.9 Å². The Hall–Kier alpha value is -1.54. The predicted octanol–water partition coefficient (Wildman–Crippen LogP) is 4.72. The molecule has 0 aromatic heterocycles. The summed E-state index contributed by atoms with van der Waals surface area (Å²) in [4.78, 5) is 0. The lowest BCUT2D eigenvalue weighted by Crippen LogP contribution is -2.16. The fraction of sp³-hybridized carbons (Fsp3) is 0.412. The summed E-state index contributed by atoms with van der Waals surface area (Å²) < 4.78 is 11.3. The summed E-state index contributed by atoms with van der Waals surface area (Å²) in [6.07, 6.45) is -0.224. The van der Waals surface area contributed by atoms with Crippen molar-refractivity contribution in [3.05, 3.63) is 42.0 Å². The monoisotopic (exact) mass is 258 g/mol. The molecule has 0 aliphatic heterocycles. The molecule has 2 nitrogen and oxygen atoms in total. The van der Waals surface area contributed by atoms with Gasteiger partial charge in [0, 0.05) is 12.0 Å². The molecule has 1 atom stereocenters. The molecule has 1 unspecified atom stereocenters. The van der Waals surface area contributed by atoms with Gasteiger partial charge < -0.3 is 9.47 Å². The topological polar surface area (TPSA) is 18.5 Å². The Balaban J connectivity index is 2.43. The minimum absolute atomic E-state index is 0.224. The number of benzene rings is 2. The average Bonchev–Trinajstić information content (AvgIpc) is 2.38. The number of hydrogen-bond donors (Lipinski definition) is 0. The highest BCUT2D eigenvalue weighted by Gasteiger charge is 2.10. The fourth-order valence-electron chi connectivity index (χ4n) is 2.36. The van der Waals surface area contributed by atoms with E-state index >= 15 is 0 Å². The third-order valence-corrected chi connectivity index (χ3v) is 3.23. The van der Waals surface area contributed by atoms with Crippen LogP contribution in [0.4, 0.5) is 0 Å². The second-order valence-corrected chi connectivity index (χ2v) is 4.99. The summed E-state index contributed by atoms with van der Waals surface area (Å²) in [5.41, 5.74) is 1.35. The van der Waals surface area contributed by atoms with E-state index in [-0.39, 0.29) is 6.29 Å². The molecule has 2 aromatic carbocycles. The van der Waals surface area contributed by atoms with Crippen LogP contribution in [0.25, 0.3) is 10.8 Å². The Bertz CT molecular complexity index is 546. The maximum absolute atomic E-state index is 5.88. The lowest BCUT2D eigenvalue weighted by molar-refractivity contribution is -0.0605. The first-order chi connectivity index (χ1) is 9.13. The molecule has 0 spiro atoms. The Morgan fingerprint density at radius 3 is 2.32 bits per heavy atom. The van der Waals surface area contributed by atoms with Crippen LogP contribution in [0.15, 0.2) is 36.4 Å². The molecule has 19 heavy (non-hydrogen) atoms. The van der Waals surface area contributed by atoms with Gasteiger partial charge in [-0.05, 0) is 36.8 Å². The highest BCUT2D eigenvalue weighted by molar-refractivity contribution is 5.91. The smallest absolute Gasteiger partial charge is 0.196 e. The van der Waals surface area contributed by atoms with Gasteiger partial charge in [-0.3, -0.25) is 0 Å². The van der Waals surface area contributed by atoms with Gasteiger partial charge in [0.1, 0.15) is 5.75 Å². The molecular weight excluding hydrogens is 236 g/mol. The first kappa shape index (κ1) is 13.9. The first-order valence-corrected chi connectivity index (χ1v) is 6.93. The molecule has 2 aromatic rings. The van der Waals surface area contributed by atoms with Crippen molar-refractivity contribution in [3.63, 3.8) is 0 Å². The van der Waals surface area contributed by atoms with Crippen molar-refractivity contribution in [1.29, 1.82) is 0 Å². The molecule has 0 amide bonds. The number of fused-ring (bicyclic) bond motifs is 1. The summed E-state index contributed by atoms with van der Waals surface area (Å²) in [5, 5.41) is 2.42. The van der Waals surface area contributed by atoms with Gasteiger partial charge in [-0.25, -0.2) is 0 Å². The lowest BCUT2D eigenvalue weighted by atomic mass is 9.96. The van der Waals surface area contributed by atoms with Crippen LogP contribution in [0.5, 0.6) is 5.75 Å². The van der Waals surface area contributed by atoms with Crippen LogP contribution in [0.1, 0.15) is 39.2 Å². The Morgan fingerprint density at radius 1 is 0.947 bits per heavy atom. The van der Waals surface area contributed by atoms with Gasteiger partial charge in [0.25, 0.3) is 0 Å². The zero-order chi connectivity index (χ0) is 13.8. The van der Waals surface area contributed by atoms with E-state index in [1.807, 2.05) is 26.0 Å². The van der Waals surface area contributed by atoms with Gasteiger partial charge in [0.05, 0.1) is 0 Å². The molecule has 2 rings (SSSR count). The van der Waals surface area contributed by atoms with Gasteiger partial charge in [0.2, 0.25) is 0 Å². The van der Waals surface area contributed by atoms with Crippen LogP contribution in [-0.4, -0.2) is 12.9 Å². The van der Waals surface area contributed by atoms with E-state index in [9.17, 15) is 0 Å². The molecule has 0 heterocycles. The van der Waals surface area contributed by atoms with Gasteiger partial charge in [-0.2, -0.15) is 0 Å². The first-order valence-electron chi connectivity index (χ1n) is 6.93. The van der Waals surface area contributed by atoms with Gasteiger partial charge in [-0.15, -0.1) is 0 Å². The molecule has 2 heteroatoms. The van der Waals surface area contributed by atoms with Crippen LogP contribution >= 0.6 is 0 Å². The van der Waals surface area contributed by atoms with E-state index < -0.39 is 0 Å². The van der Waals surface area contributed by atoms with Crippen molar-refractivity contribution in [3.8, 4) is 5.75 Å². The standard InChI is InChI=1S/C17H22O2/c1-5-18-13(4)19-17-11-7-9-15-14(12(2)3)8-6-10-16(15)17/h6-13H,5H2,1-4H3. The van der Waals surface area contributed by atoms with Crippen molar-refractivity contribution < 1.29 is 9.47 Å². The molecular formula is C17H22O2. The zero-order valence-corrected chi connectivity index (χ0v) is 12.1.